The van der Waals surface area contributed by atoms with Crippen LogP contribution in [0.5, 0.6) is 0 Å². The fourth-order valence-electron chi connectivity index (χ4n) is 2.42. The molecule has 1 aromatic carbocycles. The second-order valence-electron chi connectivity index (χ2n) is 5.63. The molecule has 0 saturated carbocycles. The van der Waals surface area contributed by atoms with Crippen LogP contribution in [0.15, 0.2) is 41.7 Å². The summed E-state index contributed by atoms with van der Waals surface area (Å²) < 4.78 is 15.1. The average molecular weight is 444 g/mol. The van der Waals surface area contributed by atoms with E-state index in [0.717, 1.165) is 36.6 Å². The third-order valence-corrected chi connectivity index (χ3v) is 3.65. The summed E-state index contributed by atoms with van der Waals surface area (Å²) in [6.45, 7) is 6.20. The average Bonchev–Trinajstić information content (AvgIpc) is 2.92. The minimum Gasteiger partial charge on any atom is -0.357 e. The molecule has 0 atom stereocenters. The van der Waals surface area contributed by atoms with Crippen LogP contribution in [-0.2, 0) is 20.0 Å². The number of hydrogen-bond acceptors (Lipinski definition) is 1. The molecule has 1 heterocycles. The molecule has 1 aromatic heterocycles. The Morgan fingerprint density at radius 3 is 2.67 bits per heavy atom. The lowest BCUT2D eigenvalue weighted by molar-refractivity contribution is 0.625. The third kappa shape index (κ3) is 6.51. The minimum absolute atomic E-state index is 0. The van der Waals surface area contributed by atoms with E-state index in [1.54, 1.807) is 6.07 Å². The predicted octanol–water partition coefficient (Wildman–Crippen LogP) is 3.39. The maximum atomic E-state index is 13.1. The summed E-state index contributed by atoms with van der Waals surface area (Å²) in [5.74, 6) is 0.619. The van der Waals surface area contributed by atoms with E-state index >= 15 is 0 Å². The summed E-state index contributed by atoms with van der Waals surface area (Å²) in [4.78, 5) is 4.59. The van der Waals surface area contributed by atoms with Crippen LogP contribution in [0.4, 0.5) is 4.39 Å². The third-order valence-electron chi connectivity index (χ3n) is 3.65. The first-order valence-corrected chi connectivity index (χ1v) is 7.96. The Kier molecular flexibility index (Phi) is 8.81. The zero-order chi connectivity index (χ0) is 16.7. The second kappa shape index (κ2) is 10.3. The number of aryl methyl sites for hydroxylation is 2. The van der Waals surface area contributed by atoms with Gasteiger partial charge in [0.2, 0.25) is 0 Å². The number of aliphatic imine (C=N–C) groups is 1. The zero-order valence-electron chi connectivity index (χ0n) is 14.5. The van der Waals surface area contributed by atoms with E-state index in [2.05, 4.69) is 27.9 Å². The Balaban J connectivity index is 0.00000288. The van der Waals surface area contributed by atoms with Crippen molar-refractivity contribution in [1.82, 2.24) is 15.2 Å². The minimum atomic E-state index is -0.183. The van der Waals surface area contributed by atoms with Crippen LogP contribution in [0.2, 0.25) is 0 Å². The number of guanidine groups is 1. The van der Waals surface area contributed by atoms with Crippen molar-refractivity contribution in [3.8, 4) is 0 Å². The molecule has 6 heteroatoms. The molecule has 0 unspecified atom stereocenters. The fraction of sp³-hybridized carbons (Fsp3) is 0.389. The topological polar surface area (TPSA) is 41.4 Å². The van der Waals surface area contributed by atoms with Crippen molar-refractivity contribution >= 4 is 29.9 Å². The molecule has 2 rings (SSSR count). The van der Waals surface area contributed by atoms with Crippen molar-refractivity contribution in [2.75, 3.05) is 13.1 Å². The smallest absolute Gasteiger partial charge is 0.191 e. The van der Waals surface area contributed by atoms with E-state index in [4.69, 9.17) is 0 Å². The molecule has 2 N–H and O–H groups in total. The molecule has 132 valence electrons. The van der Waals surface area contributed by atoms with Gasteiger partial charge in [-0.25, -0.2) is 9.38 Å². The van der Waals surface area contributed by atoms with E-state index in [-0.39, 0.29) is 29.8 Å². The van der Waals surface area contributed by atoms with Gasteiger partial charge in [-0.3, -0.25) is 0 Å². The van der Waals surface area contributed by atoms with E-state index in [9.17, 15) is 4.39 Å². The number of nitrogens with one attached hydrogen (secondary N) is 2. The monoisotopic (exact) mass is 444 g/mol. The van der Waals surface area contributed by atoms with Crippen LogP contribution in [0, 0.1) is 12.7 Å². The van der Waals surface area contributed by atoms with Gasteiger partial charge in [-0.2, -0.15) is 0 Å². The molecule has 0 aliphatic rings. The molecule has 0 radical (unpaired) electrons. The summed E-state index contributed by atoms with van der Waals surface area (Å²) >= 11 is 0. The van der Waals surface area contributed by atoms with Crippen LogP contribution in [-0.4, -0.2) is 23.6 Å². The van der Waals surface area contributed by atoms with Crippen molar-refractivity contribution < 1.29 is 4.39 Å². The molecule has 0 spiro atoms. The maximum Gasteiger partial charge on any atom is 0.191 e. The van der Waals surface area contributed by atoms with Gasteiger partial charge < -0.3 is 15.2 Å². The van der Waals surface area contributed by atoms with E-state index < -0.39 is 0 Å². The number of hydrogen-bond donors (Lipinski definition) is 2. The zero-order valence-corrected chi connectivity index (χ0v) is 16.8. The van der Waals surface area contributed by atoms with Crippen LogP contribution in [0.3, 0.4) is 0 Å². The molecule has 24 heavy (non-hydrogen) atoms. The van der Waals surface area contributed by atoms with Gasteiger partial charge in [0.15, 0.2) is 5.96 Å². The standard InChI is InChI=1S/C18H25FN4.HI/c1-4-20-18(22-12-15-8-10-23(3)13-15)21-9-7-16-5-6-17(19)11-14(16)2;/h5-6,8,10-11,13H,4,7,9,12H2,1-3H3,(H2,20,21,22);1H. The molecule has 4 nitrogen and oxygen atoms in total. The van der Waals surface area contributed by atoms with E-state index in [1.807, 2.05) is 37.7 Å². The van der Waals surface area contributed by atoms with Gasteiger partial charge in [-0.15, -0.1) is 24.0 Å². The second-order valence-corrected chi connectivity index (χ2v) is 5.63. The van der Waals surface area contributed by atoms with Crippen LogP contribution < -0.4 is 10.6 Å². The first-order valence-electron chi connectivity index (χ1n) is 7.96. The van der Waals surface area contributed by atoms with E-state index in [0.29, 0.717) is 6.54 Å². The molecule has 0 fully saturated rings. The highest BCUT2D eigenvalue weighted by molar-refractivity contribution is 14.0. The summed E-state index contributed by atoms with van der Waals surface area (Å²) in [6, 6.07) is 7.00. The maximum absolute atomic E-state index is 13.1. The highest BCUT2D eigenvalue weighted by Crippen LogP contribution is 2.10. The molecular weight excluding hydrogens is 418 g/mol. The molecule has 0 aliphatic heterocycles. The number of aromatic nitrogens is 1. The van der Waals surface area contributed by atoms with Gasteiger partial charge in [0.05, 0.1) is 6.54 Å². The molecular formula is C18H26FIN4. The van der Waals surface area contributed by atoms with Gasteiger partial charge in [0.1, 0.15) is 5.82 Å². The lowest BCUT2D eigenvalue weighted by Gasteiger charge is -2.12. The predicted molar refractivity (Wildman–Crippen MR) is 108 cm³/mol. The summed E-state index contributed by atoms with van der Waals surface area (Å²) in [7, 11) is 2.00. The van der Waals surface area contributed by atoms with Crippen LogP contribution in [0.1, 0.15) is 23.6 Å². The van der Waals surface area contributed by atoms with Crippen molar-refractivity contribution in [3.63, 3.8) is 0 Å². The SMILES string of the molecule is CCNC(=NCc1ccn(C)c1)NCCc1ccc(F)cc1C.I. The lowest BCUT2D eigenvalue weighted by atomic mass is 10.1. The number of rotatable bonds is 6. The number of nitrogens with zero attached hydrogens (tertiary/aromatic N) is 2. The van der Waals surface area contributed by atoms with Gasteiger partial charge in [-0.05, 0) is 55.2 Å². The van der Waals surface area contributed by atoms with Crippen LogP contribution >= 0.6 is 24.0 Å². The molecule has 0 aliphatic carbocycles. The molecule has 2 aromatic rings. The highest BCUT2D eigenvalue weighted by Gasteiger charge is 2.02. The molecule has 0 amide bonds. The summed E-state index contributed by atoms with van der Waals surface area (Å²) in [6.07, 6.45) is 4.92. The lowest BCUT2D eigenvalue weighted by Crippen LogP contribution is -2.38. The Hall–Kier alpha value is -1.57. The van der Waals surface area contributed by atoms with E-state index in [1.165, 1.54) is 11.6 Å². The Morgan fingerprint density at radius 1 is 1.25 bits per heavy atom. The molecule has 0 saturated heterocycles. The molecule has 0 bridgehead atoms. The first kappa shape index (κ1) is 20.5. The largest absolute Gasteiger partial charge is 0.357 e. The summed E-state index contributed by atoms with van der Waals surface area (Å²) in [5, 5.41) is 6.57. The van der Waals surface area contributed by atoms with Crippen molar-refractivity contribution in [1.29, 1.82) is 0 Å². The normalized spacial score (nSPS) is 11.1. The van der Waals surface area contributed by atoms with Gasteiger partial charge >= 0.3 is 0 Å². The van der Waals surface area contributed by atoms with Gasteiger partial charge in [-0.1, -0.05) is 6.07 Å². The summed E-state index contributed by atoms with van der Waals surface area (Å²) in [5.41, 5.74) is 3.31. The van der Waals surface area contributed by atoms with Crippen molar-refractivity contribution in [3.05, 3.63) is 59.2 Å². The number of halogens is 2. The first-order chi connectivity index (χ1) is 11.1. The van der Waals surface area contributed by atoms with Crippen molar-refractivity contribution in [2.24, 2.45) is 12.0 Å². The Morgan fingerprint density at radius 2 is 2.04 bits per heavy atom. The van der Waals surface area contributed by atoms with Crippen LogP contribution in [0.25, 0.3) is 0 Å². The fourth-order valence-corrected chi connectivity index (χ4v) is 2.42. The van der Waals surface area contributed by atoms with Gasteiger partial charge in [0.25, 0.3) is 0 Å². The quantitative estimate of drug-likeness (QED) is 0.408. The van der Waals surface area contributed by atoms with Crippen molar-refractivity contribution in [2.45, 2.75) is 26.8 Å². The highest BCUT2D eigenvalue weighted by atomic mass is 127. The van der Waals surface area contributed by atoms with Gasteiger partial charge in [0, 0.05) is 32.5 Å². The number of benzene rings is 1. The Bertz CT molecular complexity index is 667. The Labute approximate surface area is 160 Å².